The van der Waals surface area contributed by atoms with Gasteiger partial charge in [0.1, 0.15) is 30.3 Å². The molecule has 4 atom stereocenters. The fourth-order valence-electron chi connectivity index (χ4n) is 7.24. The average Bonchev–Trinajstić information content (AvgIpc) is 3.52. The van der Waals surface area contributed by atoms with E-state index in [-0.39, 0.29) is 53.2 Å². The smallest absolute Gasteiger partial charge is 0.265 e. The Morgan fingerprint density at radius 3 is 2.18 bits per heavy atom. The molecule has 9 nitrogen and oxygen atoms in total. The first-order valence-corrected chi connectivity index (χ1v) is 20.2. The molecule has 11 heteroatoms. The highest BCUT2D eigenvalue weighted by molar-refractivity contribution is 6.74. The highest BCUT2D eigenvalue weighted by Gasteiger charge is 2.68. The van der Waals surface area contributed by atoms with Gasteiger partial charge in [0.25, 0.3) is 5.88 Å². The predicted octanol–water partition coefficient (Wildman–Crippen LogP) is 8.17. The number of fused-ring (bicyclic) bond motifs is 4. The summed E-state index contributed by atoms with van der Waals surface area (Å²) in [5.74, 6) is -2.29. The fourth-order valence-corrected chi connectivity index (χ4v) is 8.92. The van der Waals surface area contributed by atoms with Gasteiger partial charge in [0.2, 0.25) is 11.6 Å². The quantitative estimate of drug-likeness (QED) is 0.137. The summed E-state index contributed by atoms with van der Waals surface area (Å²) < 4.78 is 25.0. The van der Waals surface area contributed by atoms with Crippen LogP contribution < -0.4 is 15.2 Å². The number of nitrogens with two attached hydrogens (primary N) is 1. The molecule has 1 fully saturated rings. The molecule has 50 heavy (non-hydrogen) atoms. The summed E-state index contributed by atoms with van der Waals surface area (Å²) in [6.07, 6.45) is 0.599. The number of ether oxygens (including phenoxy) is 2. The van der Waals surface area contributed by atoms with E-state index in [1.54, 1.807) is 12.1 Å². The minimum absolute atomic E-state index is 0.00131. The SMILES string of the molecule is CC(C)(C)[Si](C)(C)O[C@]12C(=O)C3=C(O)c4c(OCc5ccccc5)ccc(Cl)c4C[C@H]3C[C@H]1[C@H](N)c1onc(OCc3ccccc3)c1C2=O. The number of hydrogen-bond donors (Lipinski definition) is 2. The van der Waals surface area contributed by atoms with Gasteiger partial charge in [-0.25, -0.2) is 0 Å². The van der Waals surface area contributed by atoms with Crippen LogP contribution in [0.1, 0.15) is 71.6 Å². The van der Waals surface area contributed by atoms with Crippen LogP contribution >= 0.6 is 11.6 Å². The molecule has 3 N–H and O–H groups in total. The highest BCUT2D eigenvalue weighted by Crippen LogP contribution is 2.58. The average molecular weight is 713 g/mol. The molecule has 0 saturated heterocycles. The number of nitrogens with zero attached hydrogens (tertiary/aromatic N) is 1. The summed E-state index contributed by atoms with van der Waals surface area (Å²) in [4.78, 5) is 30.5. The van der Waals surface area contributed by atoms with Gasteiger partial charge in [-0.1, -0.05) is 93.0 Å². The number of Topliss-reactive ketones (excluding diaryl/α,β-unsaturated/α-hetero) is 2. The van der Waals surface area contributed by atoms with E-state index in [1.165, 1.54) is 0 Å². The molecule has 0 amide bonds. The molecule has 1 heterocycles. The van der Waals surface area contributed by atoms with Crippen LogP contribution in [0.2, 0.25) is 23.2 Å². The van der Waals surface area contributed by atoms with Crippen LogP contribution in [0.5, 0.6) is 11.6 Å². The number of carbonyl (C=O) groups excluding carboxylic acids is 2. The second kappa shape index (κ2) is 12.5. The third-order valence-corrected chi connectivity index (χ3v) is 15.7. The Morgan fingerprint density at radius 2 is 1.56 bits per heavy atom. The van der Waals surface area contributed by atoms with Gasteiger partial charge in [0.05, 0.1) is 11.6 Å². The Balaban J connectivity index is 1.36. The largest absolute Gasteiger partial charge is 0.507 e. The number of benzene rings is 3. The number of halogens is 1. The predicted molar refractivity (Wildman–Crippen MR) is 192 cm³/mol. The minimum Gasteiger partial charge on any atom is -0.507 e. The lowest BCUT2D eigenvalue weighted by atomic mass is 9.57. The van der Waals surface area contributed by atoms with Gasteiger partial charge in [-0.05, 0) is 70.9 Å². The lowest BCUT2D eigenvalue weighted by molar-refractivity contribution is -0.138. The molecule has 7 rings (SSSR count). The standard InChI is InChI=1S/C39H41ClN2O7Si/c1-38(2,3)50(4,5)49-39-26(32(41)34-31(36(39)45)37(42-48-34)47-21-23-14-10-7-11-15-23)19-24-18-25-27(40)16-17-28(30(25)33(43)29(24)35(39)44)46-20-22-12-8-6-9-13-22/h6-17,24,26,32,43H,18-21,41H2,1-5H3/t24-,26-,32-,39-/m0/s1. The number of aliphatic hydroxyl groups is 1. The van der Waals surface area contributed by atoms with Crippen molar-refractivity contribution in [2.45, 2.75) is 76.6 Å². The van der Waals surface area contributed by atoms with Crippen molar-refractivity contribution in [1.29, 1.82) is 0 Å². The monoisotopic (exact) mass is 712 g/mol. The summed E-state index contributed by atoms with van der Waals surface area (Å²) in [5.41, 5.74) is 7.86. The van der Waals surface area contributed by atoms with E-state index in [2.05, 4.69) is 5.16 Å². The molecule has 3 aliphatic carbocycles. The normalized spacial score (nSPS) is 23.1. The van der Waals surface area contributed by atoms with Crippen LogP contribution in [0, 0.1) is 11.8 Å². The Bertz CT molecular complexity index is 2000. The van der Waals surface area contributed by atoms with Crippen molar-refractivity contribution in [1.82, 2.24) is 5.16 Å². The first-order chi connectivity index (χ1) is 23.7. The van der Waals surface area contributed by atoms with Crippen LogP contribution in [0.4, 0.5) is 0 Å². The van der Waals surface area contributed by atoms with Crippen LogP contribution in [0.15, 0.2) is 82.9 Å². The molecule has 0 bridgehead atoms. The van der Waals surface area contributed by atoms with Gasteiger partial charge in [0.15, 0.2) is 19.7 Å². The van der Waals surface area contributed by atoms with Crippen molar-refractivity contribution in [2.75, 3.05) is 0 Å². The van der Waals surface area contributed by atoms with Crippen LogP contribution in [0.3, 0.4) is 0 Å². The Hall–Kier alpha value is -4.22. The Kier molecular flexibility index (Phi) is 8.58. The molecular weight excluding hydrogens is 672 g/mol. The third kappa shape index (κ3) is 5.49. The van der Waals surface area contributed by atoms with Crippen LogP contribution in [-0.2, 0) is 28.9 Å². The fraction of sp³-hybridized carbons (Fsp3) is 0.359. The van der Waals surface area contributed by atoms with E-state index >= 15 is 9.59 Å². The van der Waals surface area contributed by atoms with Crippen molar-refractivity contribution >= 4 is 37.2 Å². The Morgan fingerprint density at radius 1 is 0.940 bits per heavy atom. The number of rotatable bonds is 8. The zero-order valence-corrected chi connectivity index (χ0v) is 30.5. The molecule has 3 aliphatic rings. The Labute approximate surface area is 297 Å². The van der Waals surface area contributed by atoms with Gasteiger partial charge < -0.3 is 29.3 Å². The van der Waals surface area contributed by atoms with E-state index in [9.17, 15) is 5.11 Å². The van der Waals surface area contributed by atoms with Gasteiger partial charge in [0, 0.05) is 16.5 Å². The number of aliphatic hydroxyl groups excluding tert-OH is 1. The lowest BCUT2D eigenvalue weighted by Crippen LogP contribution is -2.68. The zero-order valence-electron chi connectivity index (χ0n) is 28.8. The van der Waals surface area contributed by atoms with Crippen molar-refractivity contribution in [2.24, 2.45) is 17.6 Å². The summed E-state index contributed by atoms with van der Waals surface area (Å²) in [6, 6.07) is 21.6. The maximum absolute atomic E-state index is 15.3. The minimum atomic E-state index is -2.87. The van der Waals surface area contributed by atoms with E-state index in [1.807, 2.05) is 94.5 Å². The van der Waals surface area contributed by atoms with Crippen molar-refractivity contribution in [3.8, 4) is 11.6 Å². The summed E-state index contributed by atoms with van der Waals surface area (Å²) in [7, 11) is -2.87. The molecule has 0 spiro atoms. The molecular formula is C39H41ClN2O7Si. The molecule has 3 aromatic carbocycles. The summed E-state index contributed by atoms with van der Waals surface area (Å²) in [5, 5.41) is 16.3. The van der Waals surface area contributed by atoms with E-state index < -0.39 is 43.4 Å². The number of aromatic nitrogens is 1. The molecule has 0 aliphatic heterocycles. The number of carbonyl (C=O) groups is 2. The molecule has 1 aromatic heterocycles. The van der Waals surface area contributed by atoms with E-state index in [0.29, 0.717) is 28.3 Å². The number of hydrogen-bond acceptors (Lipinski definition) is 9. The third-order valence-electron chi connectivity index (χ3n) is 10.9. The molecule has 260 valence electrons. The van der Waals surface area contributed by atoms with Crippen molar-refractivity contribution in [3.63, 3.8) is 0 Å². The lowest BCUT2D eigenvalue weighted by Gasteiger charge is -2.53. The van der Waals surface area contributed by atoms with Crippen molar-refractivity contribution < 1.29 is 33.1 Å². The number of ketones is 2. The maximum atomic E-state index is 15.3. The molecule has 0 unspecified atom stereocenters. The maximum Gasteiger partial charge on any atom is 0.265 e. The van der Waals surface area contributed by atoms with Crippen LogP contribution in [-0.4, -0.2) is 35.7 Å². The summed E-state index contributed by atoms with van der Waals surface area (Å²) >= 11 is 6.75. The van der Waals surface area contributed by atoms with Gasteiger partial charge in [-0.15, -0.1) is 0 Å². The highest BCUT2D eigenvalue weighted by atomic mass is 35.5. The molecule has 1 saturated carbocycles. The second-order valence-corrected chi connectivity index (χ2v) is 20.1. The zero-order chi connectivity index (χ0) is 35.6. The van der Waals surface area contributed by atoms with Crippen molar-refractivity contribution in [3.05, 3.63) is 117 Å². The topological polar surface area (TPSA) is 134 Å². The van der Waals surface area contributed by atoms with Crippen LogP contribution in [0.25, 0.3) is 5.76 Å². The second-order valence-electron chi connectivity index (χ2n) is 15.0. The van der Waals surface area contributed by atoms with E-state index in [4.69, 9.17) is 35.8 Å². The molecule has 0 radical (unpaired) electrons. The van der Waals surface area contributed by atoms with Gasteiger partial charge >= 0.3 is 0 Å². The molecule has 4 aromatic rings. The summed E-state index contributed by atoms with van der Waals surface area (Å²) in [6.45, 7) is 10.5. The van der Waals surface area contributed by atoms with Gasteiger partial charge in [-0.2, -0.15) is 0 Å². The van der Waals surface area contributed by atoms with E-state index in [0.717, 1.165) is 11.1 Å². The first kappa shape index (κ1) is 34.2. The van der Waals surface area contributed by atoms with Gasteiger partial charge in [-0.3, -0.25) is 9.59 Å². The first-order valence-electron chi connectivity index (χ1n) is 16.9.